The first-order valence-electron chi connectivity index (χ1n) is 13.5. The van der Waals surface area contributed by atoms with Gasteiger partial charge in [0.25, 0.3) is 0 Å². The van der Waals surface area contributed by atoms with E-state index in [2.05, 4.69) is 105 Å². The highest BCUT2D eigenvalue weighted by molar-refractivity contribution is 6.37. The van der Waals surface area contributed by atoms with E-state index in [4.69, 9.17) is 9.97 Å². The summed E-state index contributed by atoms with van der Waals surface area (Å²) >= 11 is 0. The lowest BCUT2D eigenvalue weighted by Crippen LogP contribution is -2.01. The molecule has 0 aliphatic carbocycles. The monoisotopic (exact) mass is 509 g/mol. The number of para-hydroxylation sites is 2. The number of hydrogen-bond acceptors (Lipinski definition) is 3. The van der Waals surface area contributed by atoms with Crippen molar-refractivity contribution in [1.82, 2.24) is 23.9 Å². The third kappa shape index (κ3) is 2.37. The summed E-state index contributed by atoms with van der Waals surface area (Å²) in [5, 5.41) is 10.9. The van der Waals surface area contributed by atoms with Gasteiger partial charge < -0.3 is 4.40 Å². The van der Waals surface area contributed by atoms with Crippen molar-refractivity contribution < 1.29 is 0 Å². The van der Waals surface area contributed by atoms with Crippen molar-refractivity contribution in [3.63, 3.8) is 0 Å². The fraction of sp³-hybridized carbons (Fsp3) is 0. The van der Waals surface area contributed by atoms with Gasteiger partial charge in [0.15, 0.2) is 5.65 Å². The molecule has 0 aliphatic rings. The van der Waals surface area contributed by atoms with Gasteiger partial charge in [-0.2, -0.15) is 4.98 Å². The standard InChI is InChI=1S/C35H19N5/c1-2-10-22-20(8-1)15-16-25-31-30-24-12-4-6-14-28(24)39(35-37-19-21-9-7-17-36-34(21)38-35)29(30)18-26-23-11-3-5-13-27(23)40(32(22)25)33(26)31/h1-19H. The Labute approximate surface area is 226 Å². The van der Waals surface area contributed by atoms with E-state index in [0.717, 1.165) is 16.4 Å². The largest absolute Gasteiger partial charge is 0.307 e. The molecular weight excluding hydrogens is 490 g/mol. The minimum Gasteiger partial charge on any atom is -0.307 e. The van der Waals surface area contributed by atoms with Gasteiger partial charge in [-0.15, -0.1) is 0 Å². The van der Waals surface area contributed by atoms with Crippen molar-refractivity contribution in [2.75, 3.05) is 0 Å². The number of hydrogen-bond donors (Lipinski definition) is 0. The molecule has 10 aromatic rings. The summed E-state index contributed by atoms with van der Waals surface area (Å²) in [6, 6.07) is 36.9. The van der Waals surface area contributed by atoms with Gasteiger partial charge in [0, 0.05) is 55.5 Å². The van der Waals surface area contributed by atoms with Crippen LogP contribution in [-0.2, 0) is 0 Å². The quantitative estimate of drug-likeness (QED) is 0.223. The van der Waals surface area contributed by atoms with Crippen molar-refractivity contribution in [2.24, 2.45) is 0 Å². The van der Waals surface area contributed by atoms with E-state index in [1.807, 2.05) is 18.3 Å². The fourth-order valence-corrected chi connectivity index (χ4v) is 6.94. The van der Waals surface area contributed by atoms with Crippen molar-refractivity contribution in [1.29, 1.82) is 0 Å². The van der Waals surface area contributed by atoms with Gasteiger partial charge in [-0.25, -0.2) is 9.97 Å². The number of pyridine rings is 1. The van der Waals surface area contributed by atoms with Crippen molar-refractivity contribution in [3.8, 4) is 5.95 Å². The van der Waals surface area contributed by atoms with Crippen LogP contribution in [0.3, 0.4) is 0 Å². The first-order chi connectivity index (χ1) is 19.9. The summed E-state index contributed by atoms with van der Waals surface area (Å²) in [4.78, 5) is 14.3. The lowest BCUT2D eigenvalue weighted by atomic mass is 10.0. The van der Waals surface area contributed by atoms with Gasteiger partial charge in [0.05, 0.1) is 27.6 Å². The summed E-state index contributed by atoms with van der Waals surface area (Å²) < 4.78 is 4.69. The molecular formula is C35H19N5. The van der Waals surface area contributed by atoms with Crippen LogP contribution < -0.4 is 0 Å². The molecule has 5 aromatic heterocycles. The molecule has 5 nitrogen and oxygen atoms in total. The molecule has 184 valence electrons. The molecule has 0 aliphatic heterocycles. The second kappa shape index (κ2) is 7.10. The van der Waals surface area contributed by atoms with Crippen LogP contribution in [0, 0.1) is 0 Å². The van der Waals surface area contributed by atoms with Gasteiger partial charge in [-0.3, -0.25) is 4.57 Å². The van der Waals surface area contributed by atoms with E-state index in [0.29, 0.717) is 11.6 Å². The smallest absolute Gasteiger partial charge is 0.236 e. The summed E-state index contributed by atoms with van der Waals surface area (Å²) in [6.07, 6.45) is 3.65. The summed E-state index contributed by atoms with van der Waals surface area (Å²) in [5.74, 6) is 0.629. The Kier molecular flexibility index (Phi) is 3.62. The van der Waals surface area contributed by atoms with Gasteiger partial charge in [-0.1, -0.05) is 72.8 Å². The Hall–Kier alpha value is -5.55. The van der Waals surface area contributed by atoms with Gasteiger partial charge in [-0.05, 0) is 35.7 Å². The van der Waals surface area contributed by atoms with Gasteiger partial charge in [0.2, 0.25) is 5.95 Å². The lowest BCUT2D eigenvalue weighted by molar-refractivity contribution is 1.00. The number of fused-ring (bicyclic) bond motifs is 13. The van der Waals surface area contributed by atoms with E-state index in [-0.39, 0.29) is 0 Å². The topological polar surface area (TPSA) is 48.0 Å². The highest BCUT2D eigenvalue weighted by atomic mass is 15.2. The van der Waals surface area contributed by atoms with Crippen LogP contribution in [0.1, 0.15) is 0 Å². The predicted octanol–water partition coefficient (Wildman–Crippen LogP) is 8.43. The molecule has 0 radical (unpaired) electrons. The number of nitrogens with zero attached hydrogens (tertiary/aromatic N) is 5. The Bertz CT molecular complexity index is 2660. The first-order valence-corrected chi connectivity index (χ1v) is 13.5. The van der Waals surface area contributed by atoms with Crippen LogP contribution in [0.5, 0.6) is 0 Å². The first kappa shape index (κ1) is 20.4. The van der Waals surface area contributed by atoms with Gasteiger partial charge >= 0.3 is 0 Å². The van der Waals surface area contributed by atoms with Crippen LogP contribution in [0.25, 0.3) is 87.7 Å². The Morgan fingerprint density at radius 1 is 0.500 bits per heavy atom. The lowest BCUT2D eigenvalue weighted by Gasteiger charge is -2.07. The minimum atomic E-state index is 0.629. The number of aromatic nitrogens is 5. The third-order valence-corrected chi connectivity index (χ3v) is 8.53. The molecule has 5 heterocycles. The van der Waals surface area contributed by atoms with E-state index in [1.165, 1.54) is 59.6 Å². The maximum atomic E-state index is 4.94. The second-order valence-electron chi connectivity index (χ2n) is 10.5. The Morgan fingerprint density at radius 2 is 1.27 bits per heavy atom. The second-order valence-corrected chi connectivity index (χ2v) is 10.5. The summed E-state index contributed by atoms with van der Waals surface area (Å²) in [6.45, 7) is 0. The normalized spacial score (nSPS) is 12.5. The number of rotatable bonds is 1. The maximum absolute atomic E-state index is 4.94. The molecule has 0 N–H and O–H groups in total. The maximum Gasteiger partial charge on any atom is 0.236 e. The number of benzene rings is 5. The molecule has 0 amide bonds. The Balaban J connectivity index is 1.52. The fourth-order valence-electron chi connectivity index (χ4n) is 6.94. The zero-order valence-electron chi connectivity index (χ0n) is 21.2. The molecule has 0 atom stereocenters. The zero-order chi connectivity index (χ0) is 25.9. The molecule has 40 heavy (non-hydrogen) atoms. The summed E-state index contributed by atoms with van der Waals surface area (Å²) in [7, 11) is 0. The molecule has 5 heteroatoms. The van der Waals surface area contributed by atoms with E-state index >= 15 is 0 Å². The van der Waals surface area contributed by atoms with E-state index in [1.54, 1.807) is 6.20 Å². The van der Waals surface area contributed by atoms with Crippen LogP contribution in [0.15, 0.2) is 116 Å². The van der Waals surface area contributed by atoms with Crippen LogP contribution in [0.4, 0.5) is 0 Å². The molecule has 0 fully saturated rings. The molecule has 10 rings (SSSR count). The van der Waals surface area contributed by atoms with Gasteiger partial charge in [0.1, 0.15) is 0 Å². The molecule has 0 saturated heterocycles. The highest BCUT2D eigenvalue weighted by Crippen LogP contribution is 2.47. The van der Waals surface area contributed by atoms with Crippen LogP contribution in [0.2, 0.25) is 0 Å². The van der Waals surface area contributed by atoms with E-state index < -0.39 is 0 Å². The molecule has 5 aromatic carbocycles. The minimum absolute atomic E-state index is 0.629. The summed E-state index contributed by atoms with van der Waals surface area (Å²) in [5.41, 5.74) is 6.63. The molecule has 0 saturated carbocycles. The molecule has 0 unspecified atom stereocenters. The van der Waals surface area contributed by atoms with Crippen LogP contribution in [-0.4, -0.2) is 23.9 Å². The SMILES string of the molecule is c1cnc2nc(-n3c4ccccc4c4c5c6ccc7ccccc7c6n6c7ccccc7c(cc43)c56)ncc2c1. The van der Waals surface area contributed by atoms with Crippen LogP contribution >= 0.6 is 0 Å². The average Bonchev–Trinajstić information content (AvgIpc) is 3.65. The zero-order valence-corrected chi connectivity index (χ0v) is 21.2. The highest BCUT2D eigenvalue weighted by Gasteiger charge is 2.25. The average molecular weight is 510 g/mol. The van der Waals surface area contributed by atoms with Crippen molar-refractivity contribution in [3.05, 3.63) is 116 Å². The molecule has 0 bridgehead atoms. The Morgan fingerprint density at radius 3 is 2.20 bits per heavy atom. The van der Waals surface area contributed by atoms with Crippen molar-refractivity contribution in [2.45, 2.75) is 0 Å². The third-order valence-electron chi connectivity index (χ3n) is 8.53. The predicted molar refractivity (Wildman–Crippen MR) is 164 cm³/mol. The van der Waals surface area contributed by atoms with Crippen molar-refractivity contribution >= 4 is 81.7 Å². The molecule has 0 spiro atoms. The van der Waals surface area contributed by atoms with E-state index in [9.17, 15) is 0 Å².